The summed E-state index contributed by atoms with van der Waals surface area (Å²) >= 11 is 1.23. The molecule has 2 aromatic rings. The summed E-state index contributed by atoms with van der Waals surface area (Å²) in [5.74, 6) is 4.42. The van der Waals surface area contributed by atoms with Crippen LogP contribution in [0.25, 0.3) is 0 Å². The van der Waals surface area contributed by atoms with Gasteiger partial charge in [0.15, 0.2) is 5.13 Å². The minimum absolute atomic E-state index is 0.0819. The van der Waals surface area contributed by atoms with Gasteiger partial charge in [0.2, 0.25) is 0 Å². The van der Waals surface area contributed by atoms with Gasteiger partial charge in [0.1, 0.15) is 0 Å². The Morgan fingerprint density at radius 1 is 1.33 bits per heavy atom. The van der Waals surface area contributed by atoms with Crippen LogP contribution in [0.4, 0.5) is 5.13 Å². The summed E-state index contributed by atoms with van der Waals surface area (Å²) in [5, 5.41) is 4.66. The molecule has 0 saturated carbocycles. The Labute approximate surface area is 126 Å². The van der Waals surface area contributed by atoms with E-state index < -0.39 is 5.91 Å². The molecule has 0 bridgehead atoms. The van der Waals surface area contributed by atoms with E-state index in [1.165, 1.54) is 18.4 Å². The topological polar surface area (TPSA) is 68.3 Å². The lowest BCUT2D eigenvalue weighted by Gasteiger charge is -1.95. The van der Waals surface area contributed by atoms with Crippen molar-refractivity contribution in [2.24, 2.45) is 0 Å². The zero-order chi connectivity index (χ0) is 15.1. The monoisotopic (exact) mass is 300 g/mol. The number of carbonyl (C=O) groups excluding carboxylic acids is 2. The van der Waals surface area contributed by atoms with Gasteiger partial charge in [-0.25, -0.2) is 4.98 Å². The summed E-state index contributed by atoms with van der Waals surface area (Å²) < 4.78 is 4.55. The van der Waals surface area contributed by atoms with Crippen LogP contribution in [-0.2, 0) is 20.7 Å². The maximum absolute atomic E-state index is 11.7. The number of nitrogens with one attached hydrogen (secondary N) is 1. The minimum atomic E-state index is -0.446. The van der Waals surface area contributed by atoms with Crippen molar-refractivity contribution in [1.29, 1.82) is 0 Å². The number of benzene rings is 1. The van der Waals surface area contributed by atoms with Crippen LogP contribution in [0.5, 0.6) is 0 Å². The summed E-state index contributed by atoms with van der Waals surface area (Å²) in [5.41, 5.74) is 1.32. The van der Waals surface area contributed by atoms with Gasteiger partial charge in [-0.1, -0.05) is 24.1 Å². The first-order valence-electron chi connectivity index (χ1n) is 6.06. The lowest BCUT2D eigenvalue weighted by Crippen LogP contribution is -2.09. The Bertz CT molecular complexity index is 698. The molecule has 5 nitrogen and oxygen atoms in total. The van der Waals surface area contributed by atoms with Gasteiger partial charge in [-0.2, -0.15) is 0 Å². The van der Waals surface area contributed by atoms with Crippen LogP contribution < -0.4 is 5.32 Å². The Morgan fingerprint density at radius 3 is 2.81 bits per heavy atom. The zero-order valence-corrected chi connectivity index (χ0v) is 12.1. The second kappa shape index (κ2) is 7.22. The van der Waals surface area contributed by atoms with Crippen LogP contribution in [0.3, 0.4) is 0 Å². The molecule has 0 fully saturated rings. The predicted molar refractivity (Wildman–Crippen MR) is 79.8 cm³/mol. The molecule has 0 radical (unpaired) electrons. The molecular weight excluding hydrogens is 288 g/mol. The second-order valence-electron chi connectivity index (χ2n) is 3.97. The van der Waals surface area contributed by atoms with E-state index in [0.29, 0.717) is 10.8 Å². The number of anilines is 1. The van der Waals surface area contributed by atoms with Crippen molar-refractivity contribution in [1.82, 2.24) is 4.98 Å². The molecule has 0 saturated heterocycles. The molecule has 1 aromatic heterocycles. The molecule has 106 valence electrons. The van der Waals surface area contributed by atoms with Gasteiger partial charge in [-0.3, -0.25) is 14.9 Å². The number of amides is 1. The lowest BCUT2D eigenvalue weighted by atomic mass is 10.2. The first-order chi connectivity index (χ1) is 10.2. The number of hydrogen-bond donors (Lipinski definition) is 1. The highest BCUT2D eigenvalue weighted by molar-refractivity contribution is 7.14. The fourth-order valence-electron chi connectivity index (χ4n) is 1.44. The molecule has 1 amide bonds. The van der Waals surface area contributed by atoms with Crippen LogP contribution in [0.2, 0.25) is 0 Å². The maximum atomic E-state index is 11.7. The van der Waals surface area contributed by atoms with Crippen LogP contribution >= 0.6 is 11.3 Å². The van der Waals surface area contributed by atoms with Crippen molar-refractivity contribution in [2.75, 3.05) is 12.4 Å². The summed E-state index contributed by atoms with van der Waals surface area (Å²) in [6.07, 6.45) is 0.0819. The molecular formula is C15H12N2O3S. The van der Waals surface area contributed by atoms with E-state index in [0.717, 1.165) is 5.56 Å². The Kier molecular flexibility index (Phi) is 5.07. The maximum Gasteiger partial charge on any atom is 0.311 e. The first-order valence-corrected chi connectivity index (χ1v) is 6.94. The van der Waals surface area contributed by atoms with Crippen LogP contribution in [-0.4, -0.2) is 24.0 Å². The summed E-state index contributed by atoms with van der Waals surface area (Å²) in [6, 6.07) is 9.21. The number of carbonyl (C=O) groups is 2. The Morgan fingerprint density at radius 2 is 2.10 bits per heavy atom. The molecule has 6 heteroatoms. The number of hydrogen-bond acceptors (Lipinski definition) is 5. The van der Waals surface area contributed by atoms with Crippen molar-refractivity contribution in [3.8, 4) is 11.8 Å². The highest BCUT2D eigenvalue weighted by Crippen LogP contribution is 2.15. The third-order valence-electron chi connectivity index (χ3n) is 2.42. The standard InChI is InChI=1S/C15H12N2O3S/c1-20-14(19)9-12-10-21-15(16-12)17-13(18)8-7-11-5-3-2-4-6-11/h2-6,10H,9H2,1H3,(H,16,17,18). The average molecular weight is 300 g/mol. The molecule has 0 aliphatic carbocycles. The zero-order valence-electron chi connectivity index (χ0n) is 11.3. The number of rotatable bonds is 3. The molecule has 0 aliphatic heterocycles. The molecule has 0 atom stereocenters. The SMILES string of the molecule is COC(=O)Cc1csc(NC(=O)C#Cc2ccccc2)n1. The van der Waals surface area contributed by atoms with E-state index in [-0.39, 0.29) is 12.4 Å². The highest BCUT2D eigenvalue weighted by atomic mass is 32.1. The van der Waals surface area contributed by atoms with Crippen molar-refractivity contribution < 1.29 is 14.3 Å². The summed E-state index contributed by atoms with van der Waals surface area (Å²) in [6.45, 7) is 0. The van der Waals surface area contributed by atoms with E-state index >= 15 is 0 Å². The van der Waals surface area contributed by atoms with Gasteiger partial charge >= 0.3 is 11.9 Å². The van der Waals surface area contributed by atoms with Gasteiger partial charge in [0.05, 0.1) is 19.2 Å². The van der Waals surface area contributed by atoms with E-state index in [1.807, 2.05) is 30.3 Å². The number of ether oxygens (including phenoxy) is 1. The van der Waals surface area contributed by atoms with E-state index in [4.69, 9.17) is 0 Å². The van der Waals surface area contributed by atoms with Crippen molar-refractivity contribution in [2.45, 2.75) is 6.42 Å². The molecule has 21 heavy (non-hydrogen) atoms. The number of thiazole rings is 1. The number of aromatic nitrogens is 1. The molecule has 0 unspecified atom stereocenters. The van der Waals surface area contributed by atoms with E-state index in [9.17, 15) is 9.59 Å². The largest absolute Gasteiger partial charge is 0.469 e. The van der Waals surface area contributed by atoms with Gasteiger partial charge in [0.25, 0.3) is 0 Å². The third-order valence-corrected chi connectivity index (χ3v) is 3.23. The van der Waals surface area contributed by atoms with Crippen molar-refractivity contribution >= 4 is 28.3 Å². The smallest absolute Gasteiger partial charge is 0.311 e. The van der Waals surface area contributed by atoms with Crippen LogP contribution in [0.15, 0.2) is 35.7 Å². The normalized spacial score (nSPS) is 9.38. The average Bonchev–Trinajstić information content (AvgIpc) is 2.93. The minimum Gasteiger partial charge on any atom is -0.469 e. The number of methoxy groups -OCH3 is 1. The van der Waals surface area contributed by atoms with Crippen LogP contribution in [0, 0.1) is 11.8 Å². The number of esters is 1. The van der Waals surface area contributed by atoms with Gasteiger partial charge in [-0.05, 0) is 12.1 Å². The summed E-state index contributed by atoms with van der Waals surface area (Å²) in [7, 11) is 1.32. The van der Waals surface area contributed by atoms with E-state index in [2.05, 4.69) is 26.9 Å². The van der Waals surface area contributed by atoms with Crippen molar-refractivity contribution in [3.05, 3.63) is 47.0 Å². The molecule has 1 heterocycles. The van der Waals surface area contributed by atoms with Gasteiger partial charge in [0, 0.05) is 16.9 Å². The second-order valence-corrected chi connectivity index (χ2v) is 4.83. The number of nitrogens with zero attached hydrogens (tertiary/aromatic N) is 1. The Balaban J connectivity index is 1.94. The van der Waals surface area contributed by atoms with Gasteiger partial charge in [-0.15, -0.1) is 11.3 Å². The molecule has 1 N–H and O–H groups in total. The van der Waals surface area contributed by atoms with Crippen LogP contribution in [0.1, 0.15) is 11.3 Å². The van der Waals surface area contributed by atoms with Crippen molar-refractivity contribution in [3.63, 3.8) is 0 Å². The first kappa shape index (κ1) is 14.8. The Hall–Kier alpha value is -2.65. The highest BCUT2D eigenvalue weighted by Gasteiger charge is 2.08. The molecule has 2 rings (SSSR count). The fourth-order valence-corrected chi connectivity index (χ4v) is 2.15. The molecule has 1 aromatic carbocycles. The molecule has 0 spiro atoms. The third kappa shape index (κ3) is 4.75. The van der Waals surface area contributed by atoms with Gasteiger partial charge < -0.3 is 4.74 Å². The quantitative estimate of drug-likeness (QED) is 0.694. The summed E-state index contributed by atoms with van der Waals surface area (Å²) in [4.78, 5) is 26.9. The predicted octanol–water partition coefficient (Wildman–Crippen LogP) is 1.85. The lowest BCUT2D eigenvalue weighted by molar-refractivity contribution is -0.139. The van der Waals surface area contributed by atoms with E-state index in [1.54, 1.807) is 5.38 Å². The molecule has 0 aliphatic rings. The fraction of sp³-hybridized carbons (Fsp3) is 0.133.